The van der Waals surface area contributed by atoms with E-state index in [0.717, 1.165) is 38.3 Å². The molecule has 214 valence electrons. The summed E-state index contributed by atoms with van der Waals surface area (Å²) in [7, 11) is 0. The number of benzene rings is 1. The van der Waals surface area contributed by atoms with Gasteiger partial charge in [0.05, 0.1) is 12.8 Å². The minimum absolute atomic E-state index is 0.0271. The molecular weight excluding hydrogens is 521 g/mol. The minimum atomic E-state index is -4.79. The minimum Gasteiger partial charge on any atom is -0.405 e. The summed E-state index contributed by atoms with van der Waals surface area (Å²) in [4.78, 5) is 11.3. The molecule has 4 bridgehead atoms. The Balaban J connectivity index is 1.13. The standard InChI is InChI=1S/C29H35F3N6O2/c30-29(31,32)40-24-6-2-1-4-19(24)14-34-27-35-15-22(13-33)26(37-27)36-17-28-10-18-8-20(11-28)25(21(9-18)12-28)38-7-3-5-23(38)16-39/h1-2,4,6,15,18,20-21,23,25,39H,3,5,7-12,14,16-17H2,(H2,34,35,36,37)/t18?,20-,21+,23-,25?,28?/m0/s1. The Labute approximate surface area is 231 Å². The zero-order valence-electron chi connectivity index (χ0n) is 22.3. The molecule has 0 spiro atoms. The molecule has 3 unspecified atom stereocenters. The summed E-state index contributed by atoms with van der Waals surface area (Å²) < 4.78 is 42.5. The number of aliphatic hydroxyl groups excluding tert-OH is 1. The molecule has 6 atom stereocenters. The number of para-hydroxylation sites is 1. The average Bonchev–Trinajstić information content (AvgIpc) is 3.38. The first-order valence-corrected chi connectivity index (χ1v) is 14.2. The number of halogens is 3. The van der Waals surface area contributed by atoms with E-state index in [0.29, 0.717) is 40.9 Å². The second kappa shape index (κ2) is 10.7. The fraction of sp³-hybridized carbons (Fsp3) is 0.621. The van der Waals surface area contributed by atoms with Crippen molar-refractivity contribution in [1.82, 2.24) is 14.9 Å². The number of hydrogen-bond acceptors (Lipinski definition) is 8. The number of anilines is 2. The molecule has 8 nitrogen and oxygen atoms in total. The normalized spacial score (nSPS) is 31.2. The number of hydrogen-bond donors (Lipinski definition) is 3. The molecule has 2 heterocycles. The lowest BCUT2D eigenvalue weighted by atomic mass is 9.47. The second-order valence-electron chi connectivity index (χ2n) is 12.1. The second-order valence-corrected chi connectivity index (χ2v) is 12.1. The van der Waals surface area contributed by atoms with Crippen molar-refractivity contribution in [2.24, 2.45) is 23.2 Å². The van der Waals surface area contributed by atoms with Gasteiger partial charge in [-0.25, -0.2) is 4.98 Å². The monoisotopic (exact) mass is 556 g/mol. The first kappa shape index (κ1) is 27.1. The van der Waals surface area contributed by atoms with Crippen LogP contribution in [0.2, 0.25) is 0 Å². The lowest BCUT2D eigenvalue weighted by Gasteiger charge is -2.62. The maximum atomic E-state index is 12.8. The van der Waals surface area contributed by atoms with Gasteiger partial charge in [-0.15, -0.1) is 13.2 Å². The summed E-state index contributed by atoms with van der Waals surface area (Å²) in [6, 6.07) is 8.95. The zero-order chi connectivity index (χ0) is 27.9. The van der Waals surface area contributed by atoms with Gasteiger partial charge in [0, 0.05) is 30.7 Å². The van der Waals surface area contributed by atoms with Crippen molar-refractivity contribution in [3.05, 3.63) is 41.6 Å². The Morgan fingerprint density at radius 3 is 2.65 bits per heavy atom. The maximum Gasteiger partial charge on any atom is 0.573 e. The van der Waals surface area contributed by atoms with Crippen molar-refractivity contribution >= 4 is 11.8 Å². The van der Waals surface area contributed by atoms with Crippen molar-refractivity contribution < 1.29 is 23.0 Å². The van der Waals surface area contributed by atoms with Crippen LogP contribution in [0.5, 0.6) is 5.75 Å². The summed E-state index contributed by atoms with van der Waals surface area (Å²) in [6.45, 7) is 2.08. The summed E-state index contributed by atoms with van der Waals surface area (Å²) in [6.07, 6.45) is 4.89. The molecule has 11 heteroatoms. The molecule has 1 aliphatic heterocycles. The highest BCUT2D eigenvalue weighted by molar-refractivity contribution is 5.53. The Hall–Kier alpha value is -3.10. The van der Waals surface area contributed by atoms with E-state index in [2.05, 4.69) is 36.3 Å². The SMILES string of the molecule is N#Cc1cnc(NCc2ccccc2OC(F)(F)F)nc1NCC12CC3C[C@H](C1)C(N1CCC[C@H]1CO)[C@@H](C3)C2. The Kier molecular flexibility index (Phi) is 7.25. The molecule has 5 fully saturated rings. The number of aromatic nitrogens is 2. The third-order valence-electron chi connectivity index (χ3n) is 9.54. The highest BCUT2D eigenvalue weighted by atomic mass is 19.4. The molecule has 40 heavy (non-hydrogen) atoms. The number of nitrogens with one attached hydrogen (secondary N) is 2. The molecular formula is C29H35F3N6O2. The van der Waals surface area contributed by atoms with Gasteiger partial charge >= 0.3 is 6.36 Å². The fourth-order valence-electron chi connectivity index (χ4n) is 8.37. The molecule has 3 N–H and O–H groups in total. The molecule has 4 aliphatic carbocycles. The Morgan fingerprint density at radius 1 is 1.15 bits per heavy atom. The van der Waals surface area contributed by atoms with Crippen LogP contribution < -0.4 is 15.4 Å². The number of alkyl halides is 3. The topological polar surface area (TPSA) is 106 Å². The summed E-state index contributed by atoms with van der Waals surface area (Å²) in [5.41, 5.74) is 0.796. The van der Waals surface area contributed by atoms with Gasteiger partial charge in [0.1, 0.15) is 23.2 Å². The van der Waals surface area contributed by atoms with Crippen LogP contribution in [0, 0.1) is 34.5 Å². The van der Waals surface area contributed by atoms with E-state index in [1.807, 2.05) is 0 Å². The van der Waals surface area contributed by atoms with Crippen LogP contribution in [0.1, 0.15) is 56.1 Å². The number of nitriles is 1. The predicted molar refractivity (Wildman–Crippen MR) is 142 cm³/mol. The van der Waals surface area contributed by atoms with Gasteiger partial charge in [0.2, 0.25) is 5.95 Å². The van der Waals surface area contributed by atoms with Crippen LogP contribution in [-0.2, 0) is 6.54 Å². The largest absolute Gasteiger partial charge is 0.573 e. The van der Waals surface area contributed by atoms with Gasteiger partial charge < -0.3 is 20.5 Å². The predicted octanol–water partition coefficient (Wildman–Crippen LogP) is 4.92. The van der Waals surface area contributed by atoms with Gasteiger partial charge in [-0.3, -0.25) is 4.90 Å². The molecule has 0 radical (unpaired) electrons. The lowest BCUT2D eigenvalue weighted by molar-refractivity contribution is -0.274. The van der Waals surface area contributed by atoms with Crippen LogP contribution in [-0.4, -0.2) is 58.1 Å². The summed E-state index contributed by atoms with van der Waals surface area (Å²) in [5.74, 6) is 2.37. The van der Waals surface area contributed by atoms with Crippen LogP contribution in [0.25, 0.3) is 0 Å². The van der Waals surface area contributed by atoms with E-state index in [-0.39, 0.29) is 30.3 Å². The number of likely N-dealkylation sites (tertiary alicyclic amines) is 1. The van der Waals surface area contributed by atoms with E-state index in [1.54, 1.807) is 12.1 Å². The third-order valence-corrected chi connectivity index (χ3v) is 9.54. The summed E-state index contributed by atoms with van der Waals surface area (Å²) in [5, 5.41) is 26.1. The van der Waals surface area contributed by atoms with Gasteiger partial charge in [-0.05, 0) is 80.7 Å². The van der Waals surface area contributed by atoms with Crippen molar-refractivity contribution in [2.75, 3.05) is 30.3 Å². The van der Waals surface area contributed by atoms with E-state index in [9.17, 15) is 23.5 Å². The van der Waals surface area contributed by atoms with Gasteiger partial charge in [0.15, 0.2) is 0 Å². The zero-order valence-corrected chi connectivity index (χ0v) is 22.3. The number of rotatable bonds is 9. The molecule has 1 aromatic carbocycles. The average molecular weight is 557 g/mol. The fourth-order valence-corrected chi connectivity index (χ4v) is 8.37. The Bertz CT molecular complexity index is 1250. The van der Waals surface area contributed by atoms with E-state index < -0.39 is 6.36 Å². The van der Waals surface area contributed by atoms with Crippen LogP contribution in [0.3, 0.4) is 0 Å². The van der Waals surface area contributed by atoms with Crippen molar-refractivity contribution in [2.45, 2.75) is 69.9 Å². The van der Waals surface area contributed by atoms with E-state index >= 15 is 0 Å². The van der Waals surface area contributed by atoms with Crippen molar-refractivity contribution in [1.29, 1.82) is 5.26 Å². The van der Waals surface area contributed by atoms with Crippen molar-refractivity contribution in [3.8, 4) is 11.8 Å². The molecule has 1 aromatic heterocycles. The molecule has 5 aliphatic rings. The van der Waals surface area contributed by atoms with Crippen LogP contribution in [0.4, 0.5) is 24.9 Å². The van der Waals surface area contributed by atoms with Gasteiger partial charge in [-0.1, -0.05) is 18.2 Å². The number of nitrogens with zero attached hydrogens (tertiary/aromatic N) is 4. The number of aliphatic hydroxyl groups is 1. The summed E-state index contributed by atoms with van der Waals surface area (Å²) >= 11 is 0. The van der Waals surface area contributed by atoms with Crippen LogP contribution in [0.15, 0.2) is 30.5 Å². The first-order valence-electron chi connectivity index (χ1n) is 14.2. The maximum absolute atomic E-state index is 12.8. The first-order chi connectivity index (χ1) is 19.3. The van der Waals surface area contributed by atoms with Gasteiger partial charge in [-0.2, -0.15) is 10.2 Å². The van der Waals surface area contributed by atoms with Gasteiger partial charge in [0.25, 0.3) is 0 Å². The third kappa shape index (κ3) is 5.44. The van der Waals surface area contributed by atoms with Crippen LogP contribution >= 0.6 is 0 Å². The quantitative estimate of drug-likeness (QED) is 0.400. The smallest absolute Gasteiger partial charge is 0.405 e. The molecule has 1 saturated heterocycles. The highest BCUT2D eigenvalue weighted by Crippen LogP contribution is 2.61. The number of ether oxygens (including phenoxy) is 1. The molecule has 4 saturated carbocycles. The molecule has 2 aromatic rings. The highest BCUT2D eigenvalue weighted by Gasteiger charge is 2.57. The molecule has 7 rings (SSSR count). The van der Waals surface area contributed by atoms with E-state index in [4.69, 9.17) is 0 Å². The Morgan fingerprint density at radius 2 is 1.93 bits per heavy atom. The van der Waals surface area contributed by atoms with E-state index in [1.165, 1.54) is 44.0 Å². The molecule has 0 amide bonds. The van der Waals surface area contributed by atoms with Crippen molar-refractivity contribution in [3.63, 3.8) is 0 Å². The lowest BCUT2D eigenvalue weighted by Crippen LogP contribution is -2.61.